The number of imidazole rings is 1. The van der Waals surface area contributed by atoms with E-state index < -0.39 is 35.4 Å². The molecule has 9 nitrogen and oxygen atoms in total. The molecule has 0 unspecified atom stereocenters. The molecule has 2 aromatic heterocycles. The number of halogens is 3. The van der Waals surface area contributed by atoms with Crippen LogP contribution in [0.15, 0.2) is 54.7 Å². The highest BCUT2D eigenvalue weighted by molar-refractivity contribution is 6.32. The molecule has 0 spiro atoms. The van der Waals surface area contributed by atoms with Gasteiger partial charge in [0.1, 0.15) is 5.69 Å². The Morgan fingerprint density at radius 2 is 1.78 bits per heavy atom. The van der Waals surface area contributed by atoms with Gasteiger partial charge < -0.3 is 10.3 Å². The van der Waals surface area contributed by atoms with Crippen LogP contribution in [0.25, 0.3) is 11.4 Å². The highest BCUT2D eigenvalue weighted by atomic mass is 35.5. The van der Waals surface area contributed by atoms with E-state index in [0.717, 1.165) is 17.0 Å². The SMILES string of the molecule is Cn1nccc1-c1[nH]c(C(=O)N[C@@H](Cc2ccc(F)c(F)c2)CN2C(=O)c3ccccc3C2=O)nc1Cl. The quantitative estimate of drug-likeness (QED) is 0.360. The number of rotatable bonds is 7. The van der Waals surface area contributed by atoms with Crippen LogP contribution in [0.1, 0.15) is 36.9 Å². The second-order valence-corrected chi connectivity index (χ2v) is 8.84. The molecule has 1 aliphatic rings. The first-order chi connectivity index (χ1) is 17.7. The van der Waals surface area contributed by atoms with Crippen LogP contribution >= 0.6 is 11.6 Å². The molecule has 5 rings (SSSR count). The van der Waals surface area contributed by atoms with Gasteiger partial charge in [-0.25, -0.2) is 13.8 Å². The molecule has 2 aromatic carbocycles. The number of nitrogens with one attached hydrogen (secondary N) is 2. The Kier molecular flexibility index (Phi) is 6.30. The van der Waals surface area contributed by atoms with Crippen molar-refractivity contribution in [3.8, 4) is 11.4 Å². The smallest absolute Gasteiger partial charge is 0.287 e. The van der Waals surface area contributed by atoms with E-state index in [2.05, 4.69) is 20.4 Å². The highest BCUT2D eigenvalue weighted by Crippen LogP contribution is 2.26. The van der Waals surface area contributed by atoms with E-state index in [1.54, 1.807) is 48.3 Å². The van der Waals surface area contributed by atoms with E-state index in [1.807, 2.05) is 0 Å². The van der Waals surface area contributed by atoms with Crippen molar-refractivity contribution in [2.45, 2.75) is 12.5 Å². The van der Waals surface area contributed by atoms with Gasteiger partial charge >= 0.3 is 0 Å². The highest BCUT2D eigenvalue weighted by Gasteiger charge is 2.37. The normalized spacial score (nSPS) is 13.7. The van der Waals surface area contributed by atoms with E-state index in [9.17, 15) is 23.2 Å². The number of aryl methyl sites for hydroxylation is 1. The minimum Gasteiger partial charge on any atom is -0.345 e. The molecule has 0 bridgehead atoms. The Balaban J connectivity index is 1.41. The molecule has 3 amide bonds. The van der Waals surface area contributed by atoms with Crippen molar-refractivity contribution in [1.29, 1.82) is 0 Å². The predicted molar refractivity (Wildman–Crippen MR) is 129 cm³/mol. The zero-order valence-electron chi connectivity index (χ0n) is 19.3. The summed E-state index contributed by atoms with van der Waals surface area (Å²) in [5.41, 5.74) is 1.84. The zero-order valence-corrected chi connectivity index (χ0v) is 20.1. The summed E-state index contributed by atoms with van der Waals surface area (Å²) in [5.74, 6) is -3.87. The summed E-state index contributed by atoms with van der Waals surface area (Å²) in [6, 6.07) is 10.6. The first kappa shape index (κ1) is 24.3. The van der Waals surface area contributed by atoms with Crippen LogP contribution in [-0.4, -0.2) is 55.0 Å². The zero-order chi connectivity index (χ0) is 26.3. The second-order valence-electron chi connectivity index (χ2n) is 8.48. The topological polar surface area (TPSA) is 113 Å². The summed E-state index contributed by atoms with van der Waals surface area (Å²) in [6.45, 7) is -0.208. The average molecular weight is 525 g/mol. The summed E-state index contributed by atoms with van der Waals surface area (Å²) in [7, 11) is 1.70. The summed E-state index contributed by atoms with van der Waals surface area (Å²) >= 11 is 6.24. The van der Waals surface area contributed by atoms with Crippen molar-refractivity contribution < 1.29 is 23.2 Å². The summed E-state index contributed by atoms with van der Waals surface area (Å²) < 4.78 is 28.9. The number of aromatic nitrogens is 4. The number of nitrogens with zero attached hydrogens (tertiary/aromatic N) is 4. The number of hydrogen-bond donors (Lipinski definition) is 2. The maximum atomic E-state index is 13.9. The molecule has 0 radical (unpaired) electrons. The number of amides is 3. The summed E-state index contributed by atoms with van der Waals surface area (Å²) in [4.78, 5) is 46.9. The van der Waals surface area contributed by atoms with Gasteiger partial charge in [0.25, 0.3) is 17.7 Å². The molecule has 0 fully saturated rings. The largest absolute Gasteiger partial charge is 0.345 e. The van der Waals surface area contributed by atoms with Crippen LogP contribution in [0.2, 0.25) is 5.15 Å². The Bertz CT molecular complexity index is 1510. The van der Waals surface area contributed by atoms with Crippen molar-refractivity contribution >= 4 is 29.3 Å². The maximum absolute atomic E-state index is 13.9. The Hall–Kier alpha value is -4.38. The standard InChI is InChI=1S/C25H19ClF2N6O3/c1-33-19(8-9-29-33)20-21(26)32-22(31-20)23(35)30-14(10-13-6-7-17(27)18(28)11-13)12-34-24(36)15-4-2-3-5-16(15)25(34)37/h2-9,11,14H,10,12H2,1H3,(H,30,35)(H,31,32)/t14-/m0/s1. The number of benzene rings is 2. The third-order valence-corrected chi connectivity index (χ3v) is 6.31. The fourth-order valence-corrected chi connectivity index (χ4v) is 4.47. The maximum Gasteiger partial charge on any atom is 0.287 e. The minimum atomic E-state index is -1.05. The van der Waals surface area contributed by atoms with Gasteiger partial charge in [0.05, 0.1) is 22.9 Å². The number of aromatic amines is 1. The molecular formula is C25H19ClF2N6O3. The molecule has 1 aliphatic heterocycles. The molecular weight excluding hydrogens is 506 g/mol. The molecule has 0 aliphatic carbocycles. The van der Waals surface area contributed by atoms with Crippen LogP contribution in [0.5, 0.6) is 0 Å². The first-order valence-electron chi connectivity index (χ1n) is 11.2. The first-order valence-corrected chi connectivity index (χ1v) is 11.5. The van der Waals surface area contributed by atoms with E-state index in [0.29, 0.717) is 17.0 Å². The molecule has 37 heavy (non-hydrogen) atoms. The molecule has 0 saturated heterocycles. The molecule has 1 atom stereocenters. The van der Waals surface area contributed by atoms with Crippen molar-refractivity contribution in [3.05, 3.63) is 94.0 Å². The lowest BCUT2D eigenvalue weighted by molar-refractivity contribution is 0.0628. The van der Waals surface area contributed by atoms with E-state index >= 15 is 0 Å². The van der Waals surface area contributed by atoms with Gasteiger partial charge in [0, 0.05) is 19.8 Å². The Morgan fingerprint density at radius 3 is 2.41 bits per heavy atom. The van der Waals surface area contributed by atoms with Crippen molar-refractivity contribution in [2.75, 3.05) is 6.54 Å². The monoisotopic (exact) mass is 524 g/mol. The third-order valence-electron chi connectivity index (χ3n) is 6.03. The number of imide groups is 1. The van der Waals surface area contributed by atoms with Gasteiger partial charge in [0.2, 0.25) is 0 Å². The minimum absolute atomic E-state index is 0.000621. The van der Waals surface area contributed by atoms with Gasteiger partial charge in [-0.05, 0) is 42.3 Å². The fourth-order valence-electron chi connectivity index (χ4n) is 4.24. The number of fused-ring (bicyclic) bond motifs is 1. The van der Waals surface area contributed by atoms with Crippen molar-refractivity contribution in [1.82, 2.24) is 30.0 Å². The van der Waals surface area contributed by atoms with Gasteiger partial charge in [-0.3, -0.25) is 24.0 Å². The number of carbonyl (C=O) groups excluding carboxylic acids is 3. The molecule has 2 N–H and O–H groups in total. The average Bonchev–Trinajstić information content (AvgIpc) is 3.54. The molecule has 4 aromatic rings. The van der Waals surface area contributed by atoms with Crippen LogP contribution in [-0.2, 0) is 13.5 Å². The van der Waals surface area contributed by atoms with Crippen LogP contribution in [0, 0.1) is 11.6 Å². The van der Waals surface area contributed by atoms with Gasteiger partial charge in [-0.15, -0.1) is 0 Å². The lowest BCUT2D eigenvalue weighted by Gasteiger charge is -2.23. The van der Waals surface area contributed by atoms with Gasteiger partial charge in [-0.2, -0.15) is 5.10 Å². The van der Waals surface area contributed by atoms with Crippen molar-refractivity contribution in [3.63, 3.8) is 0 Å². The van der Waals surface area contributed by atoms with Crippen LogP contribution in [0.4, 0.5) is 8.78 Å². The molecule has 12 heteroatoms. The third kappa shape index (κ3) is 4.60. The van der Waals surface area contributed by atoms with E-state index in [4.69, 9.17) is 11.6 Å². The Morgan fingerprint density at radius 1 is 1.08 bits per heavy atom. The van der Waals surface area contributed by atoms with Gasteiger partial charge in [0.15, 0.2) is 22.6 Å². The number of H-pyrrole nitrogens is 1. The van der Waals surface area contributed by atoms with Gasteiger partial charge in [-0.1, -0.05) is 29.8 Å². The van der Waals surface area contributed by atoms with E-state index in [1.165, 1.54) is 6.07 Å². The lowest BCUT2D eigenvalue weighted by atomic mass is 10.0. The fraction of sp³-hybridized carbons (Fsp3) is 0.160. The molecule has 3 heterocycles. The summed E-state index contributed by atoms with van der Waals surface area (Å²) in [6.07, 6.45) is 1.56. The number of carbonyl (C=O) groups is 3. The van der Waals surface area contributed by atoms with Crippen LogP contribution in [0.3, 0.4) is 0 Å². The molecule has 0 saturated carbocycles. The lowest BCUT2D eigenvalue weighted by Crippen LogP contribution is -2.47. The predicted octanol–water partition coefficient (Wildman–Crippen LogP) is 3.38. The number of hydrogen-bond acceptors (Lipinski definition) is 5. The second kappa shape index (κ2) is 9.58. The molecule has 188 valence electrons. The Labute approximate surface area is 214 Å². The van der Waals surface area contributed by atoms with Crippen molar-refractivity contribution in [2.24, 2.45) is 7.05 Å². The van der Waals surface area contributed by atoms with Crippen LogP contribution < -0.4 is 5.32 Å². The summed E-state index contributed by atoms with van der Waals surface area (Å²) in [5, 5.41) is 6.85. The van der Waals surface area contributed by atoms with E-state index in [-0.39, 0.29) is 35.1 Å².